The smallest absolute Gasteiger partial charge is 0.317 e. The van der Waals surface area contributed by atoms with Gasteiger partial charge in [-0.3, -0.25) is 9.69 Å². The number of carbonyl (C=O) groups is 1. The van der Waals surface area contributed by atoms with E-state index in [0.717, 1.165) is 12.5 Å². The van der Waals surface area contributed by atoms with Gasteiger partial charge in [0, 0.05) is 6.04 Å². The topological polar surface area (TPSA) is 40.5 Å². The van der Waals surface area contributed by atoms with E-state index in [1.54, 1.807) is 0 Å². The van der Waals surface area contributed by atoms with Crippen molar-refractivity contribution in [2.45, 2.75) is 51.0 Å². The summed E-state index contributed by atoms with van der Waals surface area (Å²) in [6.45, 7) is 1.24. The number of carboxylic acids is 1. The average molecular weight is 211 g/mol. The SMILES string of the molecule is O=C(O)CN1CCC[C@@H]1C1CCCCC1. The molecule has 1 saturated heterocycles. The van der Waals surface area contributed by atoms with Crippen LogP contribution in [0.3, 0.4) is 0 Å². The second-order valence-electron chi connectivity index (χ2n) is 4.97. The van der Waals surface area contributed by atoms with Crippen LogP contribution in [0.5, 0.6) is 0 Å². The van der Waals surface area contributed by atoms with Gasteiger partial charge in [-0.25, -0.2) is 0 Å². The summed E-state index contributed by atoms with van der Waals surface area (Å²) in [4.78, 5) is 12.9. The molecule has 0 aromatic heterocycles. The standard InChI is InChI=1S/C12H21NO2/c14-12(15)9-13-8-4-7-11(13)10-5-2-1-3-6-10/h10-11H,1-9H2,(H,14,15)/t11-/m1/s1. The van der Waals surface area contributed by atoms with Crippen molar-refractivity contribution in [3.63, 3.8) is 0 Å². The summed E-state index contributed by atoms with van der Waals surface area (Å²) in [5.41, 5.74) is 0. The normalized spacial score (nSPS) is 29.5. The molecule has 0 radical (unpaired) electrons. The minimum absolute atomic E-state index is 0.251. The fourth-order valence-corrected chi connectivity index (χ4v) is 3.27. The molecule has 2 rings (SSSR count). The fourth-order valence-electron chi connectivity index (χ4n) is 3.27. The summed E-state index contributed by atoms with van der Waals surface area (Å²) < 4.78 is 0. The largest absolute Gasteiger partial charge is 0.480 e. The van der Waals surface area contributed by atoms with Crippen LogP contribution in [0, 0.1) is 5.92 Å². The highest BCUT2D eigenvalue weighted by molar-refractivity contribution is 5.69. The zero-order chi connectivity index (χ0) is 10.7. The maximum absolute atomic E-state index is 10.7. The Kier molecular flexibility index (Phi) is 3.62. The molecule has 0 unspecified atom stereocenters. The number of hydrogen-bond acceptors (Lipinski definition) is 2. The molecule has 0 aromatic rings. The lowest BCUT2D eigenvalue weighted by Gasteiger charge is -2.33. The number of nitrogens with zero attached hydrogens (tertiary/aromatic N) is 1. The third kappa shape index (κ3) is 2.71. The molecule has 2 fully saturated rings. The van der Waals surface area contributed by atoms with Gasteiger partial charge in [0.2, 0.25) is 0 Å². The van der Waals surface area contributed by atoms with E-state index in [1.807, 2.05) is 0 Å². The van der Waals surface area contributed by atoms with E-state index in [1.165, 1.54) is 44.9 Å². The summed E-state index contributed by atoms with van der Waals surface area (Å²) in [7, 11) is 0. The van der Waals surface area contributed by atoms with Gasteiger partial charge in [-0.15, -0.1) is 0 Å². The summed E-state index contributed by atoms with van der Waals surface area (Å²) in [6, 6.07) is 0.571. The lowest BCUT2D eigenvalue weighted by Crippen LogP contribution is -2.39. The second kappa shape index (κ2) is 4.97. The minimum Gasteiger partial charge on any atom is -0.480 e. The molecule has 0 bridgehead atoms. The Hall–Kier alpha value is -0.570. The summed E-state index contributed by atoms with van der Waals surface area (Å²) in [5.74, 6) is 0.110. The van der Waals surface area contributed by atoms with Crippen LogP contribution in [0.4, 0.5) is 0 Å². The molecule has 1 aliphatic heterocycles. The number of rotatable bonds is 3. The third-order valence-corrected chi connectivity index (χ3v) is 3.95. The summed E-state index contributed by atoms with van der Waals surface area (Å²) in [6.07, 6.45) is 9.13. The van der Waals surface area contributed by atoms with Crippen LogP contribution in [0.2, 0.25) is 0 Å². The first kappa shape index (κ1) is 10.9. The minimum atomic E-state index is -0.669. The maximum Gasteiger partial charge on any atom is 0.317 e. The predicted octanol–water partition coefficient (Wildman–Crippen LogP) is 2.12. The molecule has 0 aromatic carbocycles. The summed E-state index contributed by atoms with van der Waals surface area (Å²) in [5, 5.41) is 8.85. The van der Waals surface area contributed by atoms with Crippen molar-refractivity contribution in [3.05, 3.63) is 0 Å². The van der Waals surface area contributed by atoms with Crippen molar-refractivity contribution in [2.75, 3.05) is 13.1 Å². The molecule has 3 heteroatoms. The van der Waals surface area contributed by atoms with Gasteiger partial charge < -0.3 is 5.11 Å². The highest BCUT2D eigenvalue weighted by Crippen LogP contribution is 2.33. The Morgan fingerprint density at radius 3 is 2.53 bits per heavy atom. The van der Waals surface area contributed by atoms with Crippen LogP contribution in [-0.2, 0) is 4.79 Å². The maximum atomic E-state index is 10.7. The van der Waals surface area contributed by atoms with Crippen LogP contribution in [0.1, 0.15) is 44.9 Å². The zero-order valence-corrected chi connectivity index (χ0v) is 9.32. The predicted molar refractivity (Wildman–Crippen MR) is 58.8 cm³/mol. The Balaban J connectivity index is 1.91. The molecular weight excluding hydrogens is 190 g/mol. The van der Waals surface area contributed by atoms with Gasteiger partial charge in [-0.05, 0) is 38.1 Å². The van der Waals surface area contributed by atoms with Gasteiger partial charge in [0.25, 0.3) is 0 Å². The highest BCUT2D eigenvalue weighted by Gasteiger charge is 2.32. The van der Waals surface area contributed by atoms with Crippen molar-refractivity contribution < 1.29 is 9.90 Å². The summed E-state index contributed by atoms with van der Waals surface area (Å²) >= 11 is 0. The van der Waals surface area contributed by atoms with E-state index in [2.05, 4.69) is 4.90 Å². The first-order chi connectivity index (χ1) is 7.27. The quantitative estimate of drug-likeness (QED) is 0.777. The monoisotopic (exact) mass is 211 g/mol. The molecule has 1 atom stereocenters. The second-order valence-corrected chi connectivity index (χ2v) is 4.97. The zero-order valence-electron chi connectivity index (χ0n) is 9.32. The van der Waals surface area contributed by atoms with Gasteiger partial charge in [-0.1, -0.05) is 19.3 Å². The number of likely N-dealkylation sites (tertiary alicyclic amines) is 1. The number of aliphatic carboxylic acids is 1. The lowest BCUT2D eigenvalue weighted by atomic mass is 9.83. The Morgan fingerprint density at radius 1 is 1.13 bits per heavy atom. The Bertz CT molecular complexity index is 224. The Morgan fingerprint density at radius 2 is 1.87 bits per heavy atom. The van der Waals surface area contributed by atoms with Crippen molar-refractivity contribution in [1.29, 1.82) is 0 Å². The van der Waals surface area contributed by atoms with E-state index in [-0.39, 0.29) is 6.54 Å². The van der Waals surface area contributed by atoms with Gasteiger partial charge in [-0.2, -0.15) is 0 Å². The van der Waals surface area contributed by atoms with Crippen molar-refractivity contribution in [2.24, 2.45) is 5.92 Å². The van der Waals surface area contributed by atoms with E-state index in [9.17, 15) is 4.79 Å². The van der Waals surface area contributed by atoms with Crippen LogP contribution in [0.15, 0.2) is 0 Å². The molecule has 2 aliphatic rings. The van der Waals surface area contributed by atoms with Gasteiger partial charge in [0.15, 0.2) is 0 Å². The third-order valence-electron chi connectivity index (χ3n) is 3.95. The van der Waals surface area contributed by atoms with E-state index < -0.39 is 5.97 Å². The first-order valence-electron chi connectivity index (χ1n) is 6.23. The van der Waals surface area contributed by atoms with Crippen LogP contribution in [-0.4, -0.2) is 35.1 Å². The van der Waals surface area contributed by atoms with Crippen molar-refractivity contribution in [3.8, 4) is 0 Å². The lowest BCUT2D eigenvalue weighted by molar-refractivity contribution is -0.138. The molecular formula is C12H21NO2. The van der Waals surface area contributed by atoms with Crippen LogP contribution < -0.4 is 0 Å². The number of carboxylic acid groups (broad SMARTS) is 1. The van der Waals surface area contributed by atoms with Gasteiger partial charge in [0.1, 0.15) is 0 Å². The van der Waals surface area contributed by atoms with Crippen molar-refractivity contribution >= 4 is 5.97 Å². The van der Waals surface area contributed by atoms with Crippen molar-refractivity contribution in [1.82, 2.24) is 4.90 Å². The molecule has 86 valence electrons. The van der Waals surface area contributed by atoms with Crippen LogP contribution in [0.25, 0.3) is 0 Å². The van der Waals surface area contributed by atoms with E-state index in [4.69, 9.17) is 5.11 Å². The van der Waals surface area contributed by atoms with E-state index in [0.29, 0.717) is 6.04 Å². The highest BCUT2D eigenvalue weighted by atomic mass is 16.4. The molecule has 1 heterocycles. The number of hydrogen-bond donors (Lipinski definition) is 1. The van der Waals surface area contributed by atoms with Gasteiger partial charge >= 0.3 is 5.97 Å². The van der Waals surface area contributed by atoms with Gasteiger partial charge in [0.05, 0.1) is 6.54 Å². The molecule has 3 nitrogen and oxygen atoms in total. The van der Waals surface area contributed by atoms with Crippen LogP contribution >= 0.6 is 0 Å². The fraction of sp³-hybridized carbons (Fsp3) is 0.917. The molecule has 1 N–H and O–H groups in total. The first-order valence-corrected chi connectivity index (χ1v) is 6.23. The molecule has 15 heavy (non-hydrogen) atoms. The Labute approximate surface area is 91.5 Å². The molecule has 0 amide bonds. The molecule has 1 saturated carbocycles. The average Bonchev–Trinajstić information content (AvgIpc) is 2.66. The molecule has 1 aliphatic carbocycles. The van der Waals surface area contributed by atoms with E-state index >= 15 is 0 Å². The molecule has 0 spiro atoms.